The number of aromatic amines is 1. The summed E-state index contributed by atoms with van der Waals surface area (Å²) in [4.78, 5) is 52.7. The molecule has 0 fully saturated rings. The number of carbonyl (C=O) groups excluding carboxylic acids is 2. The number of fused-ring (bicyclic) bond motifs is 4. The molecule has 0 bridgehead atoms. The maximum atomic E-state index is 12.9. The highest BCUT2D eigenvalue weighted by molar-refractivity contribution is 6.42. The Labute approximate surface area is 215 Å². The monoisotopic (exact) mass is 511 g/mol. The van der Waals surface area contributed by atoms with Gasteiger partial charge < -0.3 is 20.9 Å². The smallest absolute Gasteiger partial charge is 0.259 e. The number of H-pyrrole nitrogens is 1. The molecule has 5 N–H and O–H groups in total. The maximum Gasteiger partial charge on any atom is 0.259 e. The second-order valence-electron chi connectivity index (χ2n) is 8.94. The molecule has 0 aliphatic heterocycles. The molecule has 1 aromatic heterocycles. The molecule has 38 heavy (non-hydrogen) atoms. The summed E-state index contributed by atoms with van der Waals surface area (Å²) in [7, 11) is 3.27. The first-order valence-electron chi connectivity index (χ1n) is 11.9. The van der Waals surface area contributed by atoms with Crippen LogP contribution < -0.4 is 22.6 Å². The van der Waals surface area contributed by atoms with E-state index in [2.05, 4.69) is 4.98 Å². The Morgan fingerprint density at radius 1 is 0.737 bits per heavy atom. The summed E-state index contributed by atoms with van der Waals surface area (Å²) in [5.41, 5.74) is 9.88. The number of carbonyl (C=O) groups is 2. The lowest BCUT2D eigenvalue weighted by Gasteiger charge is -2.18. The summed E-state index contributed by atoms with van der Waals surface area (Å²) < 4.78 is 9.65. The number of primary amides is 2. The zero-order chi connectivity index (χ0) is 27.3. The van der Waals surface area contributed by atoms with Gasteiger partial charge in [0.05, 0.1) is 16.3 Å². The Morgan fingerprint density at radius 2 is 1.32 bits per heavy atom. The van der Waals surface area contributed by atoms with Crippen LogP contribution in [0.25, 0.3) is 53.9 Å². The van der Waals surface area contributed by atoms with Crippen LogP contribution in [-0.4, -0.2) is 37.3 Å². The zero-order valence-electron chi connectivity index (χ0n) is 21.0. The minimum atomic E-state index is -0.913. The highest BCUT2D eigenvalue weighted by atomic mass is 16.7. The third-order valence-corrected chi connectivity index (χ3v) is 6.97. The van der Waals surface area contributed by atoms with Crippen molar-refractivity contribution in [3.05, 3.63) is 80.4 Å². The van der Waals surface area contributed by atoms with Crippen molar-refractivity contribution in [3.63, 3.8) is 0 Å². The van der Waals surface area contributed by atoms with Gasteiger partial charge in [0.1, 0.15) is 0 Å². The summed E-state index contributed by atoms with van der Waals surface area (Å²) in [5, 5.41) is 5.44. The average Bonchev–Trinajstić information content (AvgIpc) is 3.20. The van der Waals surface area contributed by atoms with Gasteiger partial charge in [0, 0.05) is 30.6 Å². The molecular formula is C29H25N3O6. The van der Waals surface area contributed by atoms with Crippen molar-refractivity contribution >= 4 is 65.7 Å². The van der Waals surface area contributed by atoms with Crippen molar-refractivity contribution in [2.75, 3.05) is 14.2 Å². The molecule has 2 amide bonds. The fraction of sp³-hybridized carbons (Fsp3) is 0.172. The Morgan fingerprint density at radius 3 is 1.87 bits per heavy atom. The molecule has 6 aromatic rings. The predicted octanol–water partition coefficient (Wildman–Crippen LogP) is 3.59. The minimum Gasteiger partial charge on any atom is -0.366 e. The zero-order valence-corrected chi connectivity index (χ0v) is 21.0. The van der Waals surface area contributed by atoms with Gasteiger partial charge in [0.15, 0.2) is 6.29 Å². The molecule has 1 heterocycles. The van der Waals surface area contributed by atoms with E-state index in [9.17, 15) is 19.2 Å². The Bertz CT molecular complexity index is 1980. The highest BCUT2D eigenvalue weighted by Gasteiger charge is 2.27. The van der Waals surface area contributed by atoms with Crippen LogP contribution in [-0.2, 0) is 9.47 Å². The van der Waals surface area contributed by atoms with Gasteiger partial charge in [0.25, 0.3) is 11.1 Å². The Balaban J connectivity index is 0.000000374. The topological polar surface area (TPSA) is 155 Å². The average molecular weight is 512 g/mol. The van der Waals surface area contributed by atoms with Gasteiger partial charge in [0.2, 0.25) is 11.8 Å². The minimum absolute atomic E-state index is 0.0139. The fourth-order valence-electron chi connectivity index (χ4n) is 5.45. The quantitative estimate of drug-likeness (QED) is 0.183. The molecule has 6 rings (SSSR count). The van der Waals surface area contributed by atoms with E-state index in [1.165, 1.54) is 6.07 Å². The first-order chi connectivity index (χ1) is 18.2. The van der Waals surface area contributed by atoms with Crippen LogP contribution in [0.1, 0.15) is 34.1 Å². The normalized spacial score (nSPS) is 11.7. The number of rotatable bonds is 5. The third-order valence-electron chi connectivity index (χ3n) is 6.97. The lowest BCUT2D eigenvalue weighted by Crippen LogP contribution is -2.18. The van der Waals surface area contributed by atoms with E-state index in [0.29, 0.717) is 10.8 Å². The first kappa shape index (κ1) is 25.1. The van der Waals surface area contributed by atoms with Gasteiger partial charge in [-0.15, -0.1) is 0 Å². The summed E-state index contributed by atoms with van der Waals surface area (Å²) in [6.07, 6.45) is 0.896. The molecule has 0 unspecified atom stereocenters. The van der Waals surface area contributed by atoms with E-state index in [-0.39, 0.29) is 33.6 Å². The van der Waals surface area contributed by atoms with E-state index in [4.69, 9.17) is 20.9 Å². The molecule has 192 valence electrons. The van der Waals surface area contributed by atoms with Crippen LogP contribution in [0.4, 0.5) is 0 Å². The third kappa shape index (κ3) is 3.55. The second-order valence-corrected chi connectivity index (χ2v) is 8.94. The molecule has 9 heteroatoms. The van der Waals surface area contributed by atoms with Crippen LogP contribution in [0.15, 0.2) is 58.1 Å². The second kappa shape index (κ2) is 9.37. The number of hydrogen-bond acceptors (Lipinski definition) is 6. The number of ether oxygens (including phenoxy) is 2. The molecule has 5 aromatic carbocycles. The van der Waals surface area contributed by atoms with Gasteiger partial charge in [-0.1, -0.05) is 49.4 Å². The summed E-state index contributed by atoms with van der Waals surface area (Å²) in [6.45, 7) is 2.01. The van der Waals surface area contributed by atoms with E-state index in [0.717, 1.165) is 33.4 Å². The van der Waals surface area contributed by atoms with Gasteiger partial charge in [-0.2, -0.15) is 0 Å². The summed E-state index contributed by atoms with van der Waals surface area (Å²) in [5.74, 6) is -1.67. The molecule has 0 atom stereocenters. The number of methoxy groups -OCH3 is 2. The molecule has 0 spiro atoms. The number of hydrogen-bond donors (Lipinski definition) is 3. The maximum absolute atomic E-state index is 12.9. The molecule has 0 aliphatic carbocycles. The number of amides is 2. The standard InChI is InChI=1S/C24H13N3O4.C5H12O2/c25-21(28)13-8-7-11-10-5-1-3-9-4-2-6-12(14(9)10)16-15(11)17(13)18(22(26)29)20-19(16)23(30)27-24(20)31;1-4-5(6-2)7-3/h1-8H,(H2,25,28)(H2,26,29)(H,27,30,31);5H,4H2,1-3H3. The molecule has 0 aliphatic rings. The van der Waals surface area contributed by atoms with Crippen LogP contribution in [0, 0.1) is 0 Å². The van der Waals surface area contributed by atoms with Gasteiger partial charge >= 0.3 is 0 Å². The van der Waals surface area contributed by atoms with Crippen LogP contribution in [0.2, 0.25) is 0 Å². The van der Waals surface area contributed by atoms with Crippen molar-refractivity contribution in [2.45, 2.75) is 19.6 Å². The van der Waals surface area contributed by atoms with E-state index in [1.807, 2.05) is 43.3 Å². The largest absolute Gasteiger partial charge is 0.366 e. The van der Waals surface area contributed by atoms with Crippen molar-refractivity contribution in [3.8, 4) is 0 Å². The lowest BCUT2D eigenvalue weighted by molar-refractivity contribution is -0.103. The number of nitrogens with two attached hydrogens (primary N) is 2. The SMILES string of the molecule is CCC(OC)OC.NC(=O)c1ccc2c3cccc4cccc(c43)c3c4c(=O)[nH]c(=O)c4c(C(N)=O)c1c23. The van der Waals surface area contributed by atoms with Crippen molar-refractivity contribution < 1.29 is 19.1 Å². The van der Waals surface area contributed by atoms with Crippen LogP contribution in [0.5, 0.6) is 0 Å². The Kier molecular flexibility index (Phi) is 6.18. The van der Waals surface area contributed by atoms with Crippen molar-refractivity contribution in [2.24, 2.45) is 11.5 Å². The van der Waals surface area contributed by atoms with Crippen molar-refractivity contribution in [1.29, 1.82) is 0 Å². The van der Waals surface area contributed by atoms with Gasteiger partial charge in [-0.3, -0.25) is 24.2 Å². The van der Waals surface area contributed by atoms with E-state index < -0.39 is 22.9 Å². The summed E-state index contributed by atoms with van der Waals surface area (Å²) in [6, 6.07) is 14.8. The van der Waals surface area contributed by atoms with Crippen LogP contribution in [0.3, 0.4) is 0 Å². The van der Waals surface area contributed by atoms with Gasteiger partial charge in [-0.05, 0) is 44.8 Å². The number of nitrogens with one attached hydrogen (secondary N) is 1. The molecular weight excluding hydrogens is 486 g/mol. The predicted molar refractivity (Wildman–Crippen MR) is 148 cm³/mol. The van der Waals surface area contributed by atoms with Crippen LogP contribution >= 0.6 is 0 Å². The molecule has 0 saturated heterocycles. The summed E-state index contributed by atoms with van der Waals surface area (Å²) >= 11 is 0. The Hall–Kier alpha value is -4.60. The molecule has 0 radical (unpaired) electrons. The highest BCUT2D eigenvalue weighted by Crippen LogP contribution is 2.44. The van der Waals surface area contributed by atoms with Gasteiger partial charge in [-0.25, -0.2) is 0 Å². The lowest BCUT2D eigenvalue weighted by atomic mass is 9.84. The molecule has 0 saturated carbocycles. The first-order valence-corrected chi connectivity index (χ1v) is 11.9. The number of aromatic nitrogens is 1. The number of benzene rings is 5. The molecule has 9 nitrogen and oxygen atoms in total. The fourth-order valence-corrected chi connectivity index (χ4v) is 5.45. The van der Waals surface area contributed by atoms with E-state index >= 15 is 0 Å². The van der Waals surface area contributed by atoms with E-state index in [1.54, 1.807) is 20.3 Å². The van der Waals surface area contributed by atoms with Crippen molar-refractivity contribution in [1.82, 2.24) is 4.98 Å².